The Kier molecular flexibility index (Phi) is 7.24. The predicted molar refractivity (Wildman–Crippen MR) is 120 cm³/mol. The normalized spacial score (nSPS) is 16.9. The number of amides is 3. The standard InChI is InChI=1S/C25H31N3O4/c29-23-7-3-1-2-4-14-27(23)18-24(30)28(17-22-6-5-15-32-22)16-19-8-10-20(11-9-19)25(31)26-21-12-13-21/h5-6,8-11,15,21H,1-4,7,12-14,16-18H2,(H,26,31). The topological polar surface area (TPSA) is 82.9 Å². The van der Waals surface area contributed by atoms with Crippen LogP contribution in [0.5, 0.6) is 0 Å². The Labute approximate surface area is 188 Å². The first kappa shape index (κ1) is 22.1. The fourth-order valence-corrected chi connectivity index (χ4v) is 3.95. The van der Waals surface area contributed by atoms with Gasteiger partial charge in [-0.25, -0.2) is 0 Å². The molecule has 4 rings (SSSR count). The zero-order valence-corrected chi connectivity index (χ0v) is 18.4. The van der Waals surface area contributed by atoms with Gasteiger partial charge >= 0.3 is 0 Å². The van der Waals surface area contributed by atoms with Crippen LogP contribution < -0.4 is 5.32 Å². The van der Waals surface area contributed by atoms with Gasteiger partial charge in [0.2, 0.25) is 11.8 Å². The van der Waals surface area contributed by atoms with E-state index in [4.69, 9.17) is 4.42 Å². The smallest absolute Gasteiger partial charge is 0.251 e. The van der Waals surface area contributed by atoms with Gasteiger partial charge in [-0.3, -0.25) is 14.4 Å². The summed E-state index contributed by atoms with van der Waals surface area (Å²) in [7, 11) is 0. The van der Waals surface area contributed by atoms with Gasteiger partial charge < -0.3 is 19.5 Å². The van der Waals surface area contributed by atoms with Crippen LogP contribution in [-0.2, 0) is 22.7 Å². The second kappa shape index (κ2) is 10.5. The number of carbonyl (C=O) groups excluding carboxylic acids is 3. The summed E-state index contributed by atoms with van der Waals surface area (Å²) in [5, 5.41) is 2.98. The SMILES string of the molecule is O=C(NC1CC1)c1ccc(CN(Cc2ccco2)C(=O)CN2CCCCCCC2=O)cc1. The van der Waals surface area contributed by atoms with Crippen LogP contribution in [0.25, 0.3) is 0 Å². The molecule has 1 aromatic carbocycles. The number of furan rings is 1. The molecule has 32 heavy (non-hydrogen) atoms. The van der Waals surface area contributed by atoms with Gasteiger partial charge in [0.1, 0.15) is 5.76 Å². The molecular weight excluding hydrogens is 406 g/mol. The zero-order valence-electron chi connectivity index (χ0n) is 18.4. The van der Waals surface area contributed by atoms with Crippen LogP contribution in [0.3, 0.4) is 0 Å². The summed E-state index contributed by atoms with van der Waals surface area (Å²) in [4.78, 5) is 41.3. The number of nitrogens with zero attached hydrogens (tertiary/aromatic N) is 2. The molecule has 1 aliphatic heterocycles. The van der Waals surface area contributed by atoms with Crippen LogP contribution in [-0.4, -0.2) is 46.7 Å². The minimum atomic E-state index is -0.106. The number of carbonyl (C=O) groups is 3. The van der Waals surface area contributed by atoms with E-state index in [0.717, 1.165) is 44.1 Å². The van der Waals surface area contributed by atoms with Crippen LogP contribution in [0.2, 0.25) is 0 Å². The van der Waals surface area contributed by atoms with Crippen molar-refractivity contribution in [2.75, 3.05) is 13.1 Å². The molecule has 170 valence electrons. The molecule has 2 fully saturated rings. The van der Waals surface area contributed by atoms with Gasteiger partial charge in [-0.2, -0.15) is 0 Å². The summed E-state index contributed by atoms with van der Waals surface area (Å²) in [6.07, 6.45) is 8.19. The Morgan fingerprint density at radius 2 is 1.81 bits per heavy atom. The number of nitrogens with one attached hydrogen (secondary N) is 1. The average Bonchev–Trinajstić information content (AvgIpc) is 3.44. The molecule has 1 saturated carbocycles. The molecule has 0 bridgehead atoms. The van der Waals surface area contributed by atoms with E-state index in [0.29, 0.717) is 43.4 Å². The number of benzene rings is 1. The summed E-state index contributed by atoms with van der Waals surface area (Å²) in [6, 6.07) is 11.3. The highest BCUT2D eigenvalue weighted by molar-refractivity contribution is 5.94. The molecule has 2 aromatic rings. The predicted octanol–water partition coefficient (Wildman–Crippen LogP) is 3.49. The zero-order chi connectivity index (χ0) is 22.3. The first-order valence-corrected chi connectivity index (χ1v) is 11.6. The number of hydrogen-bond acceptors (Lipinski definition) is 4. The van der Waals surface area contributed by atoms with Crippen molar-refractivity contribution < 1.29 is 18.8 Å². The van der Waals surface area contributed by atoms with E-state index in [1.54, 1.807) is 34.3 Å². The monoisotopic (exact) mass is 437 g/mol. The third kappa shape index (κ3) is 6.22. The van der Waals surface area contributed by atoms with Crippen LogP contribution in [0.1, 0.15) is 66.6 Å². The van der Waals surface area contributed by atoms with Crippen molar-refractivity contribution >= 4 is 17.7 Å². The van der Waals surface area contributed by atoms with Gasteiger partial charge in [-0.05, 0) is 55.5 Å². The van der Waals surface area contributed by atoms with Gasteiger partial charge in [-0.15, -0.1) is 0 Å². The molecule has 2 heterocycles. The molecule has 7 nitrogen and oxygen atoms in total. The van der Waals surface area contributed by atoms with E-state index in [1.807, 2.05) is 18.2 Å². The van der Waals surface area contributed by atoms with Crippen LogP contribution in [0.15, 0.2) is 47.1 Å². The average molecular weight is 438 g/mol. The van der Waals surface area contributed by atoms with Gasteiger partial charge in [0.25, 0.3) is 5.91 Å². The van der Waals surface area contributed by atoms with Crippen molar-refractivity contribution in [2.24, 2.45) is 0 Å². The number of hydrogen-bond donors (Lipinski definition) is 1. The molecule has 1 aromatic heterocycles. The summed E-state index contributed by atoms with van der Waals surface area (Å²) < 4.78 is 5.47. The van der Waals surface area contributed by atoms with Crippen molar-refractivity contribution in [2.45, 2.75) is 64.1 Å². The van der Waals surface area contributed by atoms with Gasteiger partial charge in [0.15, 0.2) is 0 Å². The molecule has 0 unspecified atom stereocenters. The first-order valence-electron chi connectivity index (χ1n) is 11.6. The molecular formula is C25H31N3O4. The third-order valence-corrected chi connectivity index (χ3v) is 6.03. The lowest BCUT2D eigenvalue weighted by molar-refractivity contribution is -0.141. The van der Waals surface area contributed by atoms with Crippen molar-refractivity contribution in [3.05, 3.63) is 59.5 Å². The minimum Gasteiger partial charge on any atom is -0.467 e. The number of likely N-dealkylation sites (tertiary alicyclic amines) is 1. The molecule has 7 heteroatoms. The highest BCUT2D eigenvalue weighted by Gasteiger charge is 2.25. The largest absolute Gasteiger partial charge is 0.467 e. The lowest BCUT2D eigenvalue weighted by atomic mass is 10.1. The maximum atomic E-state index is 13.2. The minimum absolute atomic E-state index is 0.0573. The van der Waals surface area contributed by atoms with Crippen molar-refractivity contribution in [1.82, 2.24) is 15.1 Å². The first-order chi connectivity index (χ1) is 15.6. The molecule has 1 saturated heterocycles. The van der Waals surface area contributed by atoms with Gasteiger partial charge in [0.05, 0.1) is 19.4 Å². The fourth-order valence-electron chi connectivity index (χ4n) is 3.95. The second-order valence-corrected chi connectivity index (χ2v) is 8.75. The van der Waals surface area contributed by atoms with E-state index in [-0.39, 0.29) is 24.3 Å². The summed E-state index contributed by atoms with van der Waals surface area (Å²) in [5.74, 6) is 0.587. The Balaban J connectivity index is 1.43. The summed E-state index contributed by atoms with van der Waals surface area (Å²) in [6.45, 7) is 1.43. The van der Waals surface area contributed by atoms with Crippen LogP contribution in [0.4, 0.5) is 0 Å². The van der Waals surface area contributed by atoms with E-state index < -0.39 is 0 Å². The second-order valence-electron chi connectivity index (χ2n) is 8.75. The van der Waals surface area contributed by atoms with E-state index in [2.05, 4.69) is 5.32 Å². The van der Waals surface area contributed by atoms with Crippen LogP contribution in [0, 0.1) is 0 Å². The number of rotatable bonds is 8. The molecule has 1 aliphatic carbocycles. The Hall–Kier alpha value is -3.09. The quantitative estimate of drug-likeness (QED) is 0.685. The van der Waals surface area contributed by atoms with E-state index in [1.165, 1.54) is 0 Å². The van der Waals surface area contributed by atoms with E-state index in [9.17, 15) is 14.4 Å². The summed E-state index contributed by atoms with van der Waals surface area (Å²) in [5.41, 5.74) is 1.54. The Morgan fingerprint density at radius 1 is 1.03 bits per heavy atom. The summed E-state index contributed by atoms with van der Waals surface area (Å²) >= 11 is 0. The van der Waals surface area contributed by atoms with Crippen molar-refractivity contribution in [3.8, 4) is 0 Å². The lowest BCUT2D eigenvalue weighted by Gasteiger charge is -2.28. The molecule has 0 radical (unpaired) electrons. The maximum Gasteiger partial charge on any atom is 0.251 e. The molecule has 1 N–H and O–H groups in total. The Bertz CT molecular complexity index is 919. The fraction of sp³-hybridized carbons (Fsp3) is 0.480. The highest BCUT2D eigenvalue weighted by atomic mass is 16.3. The van der Waals surface area contributed by atoms with E-state index >= 15 is 0 Å². The van der Waals surface area contributed by atoms with Gasteiger partial charge in [-0.1, -0.05) is 25.0 Å². The highest BCUT2D eigenvalue weighted by Crippen LogP contribution is 2.20. The van der Waals surface area contributed by atoms with Crippen molar-refractivity contribution in [1.29, 1.82) is 0 Å². The van der Waals surface area contributed by atoms with Crippen LogP contribution >= 0.6 is 0 Å². The molecule has 3 amide bonds. The molecule has 0 atom stereocenters. The molecule has 2 aliphatic rings. The van der Waals surface area contributed by atoms with Crippen molar-refractivity contribution in [3.63, 3.8) is 0 Å². The lowest BCUT2D eigenvalue weighted by Crippen LogP contribution is -2.43. The van der Waals surface area contributed by atoms with Gasteiger partial charge in [0, 0.05) is 31.1 Å². The molecule has 0 spiro atoms. The third-order valence-electron chi connectivity index (χ3n) is 6.03. The Morgan fingerprint density at radius 3 is 2.53 bits per heavy atom. The maximum absolute atomic E-state index is 13.2.